The Morgan fingerprint density at radius 3 is 2.60 bits per heavy atom. The summed E-state index contributed by atoms with van der Waals surface area (Å²) in [5.74, 6) is -0.224. The zero-order valence-corrected chi connectivity index (χ0v) is 8.38. The molecule has 78 valence electrons. The topological polar surface area (TPSA) is 64.7 Å². The van der Waals surface area contributed by atoms with Crippen LogP contribution in [0.15, 0.2) is 47.3 Å². The molecule has 0 saturated carbocycles. The quantitative estimate of drug-likeness (QED) is 0.459. The molecule has 0 fully saturated rings. The fourth-order valence-corrected chi connectivity index (χ4v) is 0.971. The molecule has 0 aliphatic carbocycles. The van der Waals surface area contributed by atoms with Gasteiger partial charge in [0.25, 0.3) is 0 Å². The summed E-state index contributed by atoms with van der Waals surface area (Å²) in [6.45, 7) is 0. The van der Waals surface area contributed by atoms with E-state index in [1.165, 1.54) is 12.4 Å². The Labute approximate surface area is 88.1 Å². The van der Waals surface area contributed by atoms with Crippen molar-refractivity contribution in [3.8, 4) is 0 Å². The van der Waals surface area contributed by atoms with E-state index in [1.807, 2.05) is 6.07 Å². The van der Waals surface area contributed by atoms with Gasteiger partial charge < -0.3 is 10.5 Å². The summed E-state index contributed by atoms with van der Waals surface area (Å²) in [4.78, 5) is 15.2. The zero-order valence-electron chi connectivity index (χ0n) is 8.38. The second-order valence-electron chi connectivity index (χ2n) is 2.71. The summed E-state index contributed by atoms with van der Waals surface area (Å²) in [6, 6.07) is 8.68. The predicted octanol–water partition coefficient (Wildman–Crippen LogP) is 1.34. The Bertz CT molecular complexity index is 383. The maximum Gasteiger partial charge on any atom is 0.343 e. The summed E-state index contributed by atoms with van der Waals surface area (Å²) < 4.78 is 4.97. The van der Waals surface area contributed by atoms with Crippen LogP contribution in [0.5, 0.6) is 0 Å². The molecular formula is C11H12N2O2. The predicted molar refractivity (Wildman–Crippen MR) is 58.5 cm³/mol. The normalized spacial score (nSPS) is 11.7. The van der Waals surface area contributed by atoms with Crippen LogP contribution in [0, 0.1) is 0 Å². The highest BCUT2D eigenvalue weighted by atomic mass is 16.5. The minimum atomic E-state index is -0.452. The number of carbonyl (C=O) groups excluding carboxylic acids is 1. The van der Waals surface area contributed by atoms with Gasteiger partial charge in [-0.05, 0) is 12.1 Å². The van der Waals surface area contributed by atoms with Crippen molar-refractivity contribution >= 4 is 12.2 Å². The second-order valence-corrected chi connectivity index (χ2v) is 2.71. The number of nitrogens with zero attached hydrogens (tertiary/aromatic N) is 1. The van der Waals surface area contributed by atoms with Gasteiger partial charge in [0.05, 0.1) is 11.8 Å². The van der Waals surface area contributed by atoms with Gasteiger partial charge in [0.1, 0.15) is 0 Å². The van der Waals surface area contributed by atoms with E-state index in [0.717, 1.165) is 0 Å². The highest BCUT2D eigenvalue weighted by Gasteiger charge is 2.07. The standard InChI is InChI=1S/C11H12N2O2/c1-13-8-10(7-12)15-11(14)9-5-3-2-4-6-9/h2-8H,12H2,1H3/b10-7+,13-8?. The highest BCUT2D eigenvalue weighted by Crippen LogP contribution is 2.04. The van der Waals surface area contributed by atoms with Gasteiger partial charge >= 0.3 is 5.97 Å². The third-order valence-electron chi connectivity index (χ3n) is 1.64. The van der Waals surface area contributed by atoms with Crippen LogP contribution in [-0.4, -0.2) is 19.2 Å². The van der Waals surface area contributed by atoms with E-state index in [2.05, 4.69) is 4.99 Å². The van der Waals surface area contributed by atoms with Crippen LogP contribution in [0.3, 0.4) is 0 Å². The van der Waals surface area contributed by atoms with Gasteiger partial charge in [0.2, 0.25) is 0 Å². The van der Waals surface area contributed by atoms with Crippen LogP contribution in [0.4, 0.5) is 0 Å². The molecule has 1 aromatic rings. The Hall–Kier alpha value is -2.10. The zero-order chi connectivity index (χ0) is 11.1. The van der Waals surface area contributed by atoms with E-state index >= 15 is 0 Å². The summed E-state index contributed by atoms with van der Waals surface area (Å²) in [7, 11) is 1.57. The molecule has 4 nitrogen and oxygen atoms in total. The van der Waals surface area contributed by atoms with Gasteiger partial charge in [0.15, 0.2) is 5.76 Å². The minimum absolute atomic E-state index is 0.228. The van der Waals surface area contributed by atoms with Gasteiger partial charge in [-0.1, -0.05) is 18.2 Å². The molecule has 0 heterocycles. The molecule has 0 bridgehead atoms. The summed E-state index contributed by atoms with van der Waals surface area (Å²) in [5.41, 5.74) is 5.73. The van der Waals surface area contributed by atoms with E-state index in [0.29, 0.717) is 5.56 Å². The number of ether oxygens (including phenoxy) is 1. The number of carbonyl (C=O) groups is 1. The van der Waals surface area contributed by atoms with Crippen LogP contribution in [0.25, 0.3) is 0 Å². The Balaban J connectivity index is 2.72. The number of nitrogens with two attached hydrogens (primary N) is 1. The van der Waals surface area contributed by atoms with E-state index in [4.69, 9.17) is 10.5 Å². The first-order valence-electron chi connectivity index (χ1n) is 4.39. The van der Waals surface area contributed by atoms with Crippen molar-refractivity contribution in [1.82, 2.24) is 0 Å². The van der Waals surface area contributed by atoms with Gasteiger partial charge in [-0.2, -0.15) is 0 Å². The smallest absolute Gasteiger partial charge is 0.343 e. The van der Waals surface area contributed by atoms with Crippen LogP contribution in [0.2, 0.25) is 0 Å². The highest BCUT2D eigenvalue weighted by molar-refractivity contribution is 5.92. The molecular weight excluding hydrogens is 192 g/mol. The SMILES string of the molecule is CN=C/C(=C\N)OC(=O)c1ccccc1. The number of hydrogen-bond donors (Lipinski definition) is 1. The lowest BCUT2D eigenvalue weighted by Gasteiger charge is -2.03. The van der Waals surface area contributed by atoms with E-state index < -0.39 is 5.97 Å². The van der Waals surface area contributed by atoms with E-state index in [-0.39, 0.29) is 5.76 Å². The lowest BCUT2D eigenvalue weighted by atomic mass is 10.2. The fourth-order valence-electron chi connectivity index (χ4n) is 0.971. The summed E-state index contributed by atoms with van der Waals surface area (Å²) in [5, 5.41) is 0. The molecule has 4 heteroatoms. The monoisotopic (exact) mass is 204 g/mol. The number of aliphatic imine (C=N–C) groups is 1. The average molecular weight is 204 g/mol. The lowest BCUT2D eigenvalue weighted by molar-refractivity contribution is 0.0645. The van der Waals surface area contributed by atoms with Crippen LogP contribution < -0.4 is 5.73 Å². The van der Waals surface area contributed by atoms with E-state index in [9.17, 15) is 4.79 Å². The van der Waals surface area contributed by atoms with Crippen molar-refractivity contribution in [1.29, 1.82) is 0 Å². The molecule has 1 aromatic carbocycles. The molecule has 0 spiro atoms. The minimum Gasteiger partial charge on any atom is -0.420 e. The number of benzene rings is 1. The van der Waals surface area contributed by atoms with Crippen molar-refractivity contribution < 1.29 is 9.53 Å². The maximum absolute atomic E-state index is 11.5. The second kappa shape index (κ2) is 5.59. The van der Waals surface area contributed by atoms with Crippen LogP contribution in [0.1, 0.15) is 10.4 Å². The Morgan fingerprint density at radius 1 is 1.40 bits per heavy atom. The molecule has 0 amide bonds. The number of rotatable bonds is 3. The summed E-state index contributed by atoms with van der Waals surface area (Å²) >= 11 is 0. The molecule has 0 unspecified atom stereocenters. The van der Waals surface area contributed by atoms with Gasteiger partial charge in [-0.3, -0.25) is 4.99 Å². The maximum atomic E-state index is 11.5. The van der Waals surface area contributed by atoms with E-state index in [1.54, 1.807) is 31.3 Å². The van der Waals surface area contributed by atoms with Crippen molar-refractivity contribution in [3.05, 3.63) is 47.9 Å². The molecule has 0 aliphatic heterocycles. The molecule has 0 radical (unpaired) electrons. The molecule has 2 N–H and O–H groups in total. The third-order valence-corrected chi connectivity index (χ3v) is 1.64. The fraction of sp³-hybridized carbons (Fsp3) is 0.0909. The number of esters is 1. The van der Waals surface area contributed by atoms with Crippen molar-refractivity contribution in [2.24, 2.45) is 10.7 Å². The van der Waals surface area contributed by atoms with Crippen LogP contribution >= 0.6 is 0 Å². The van der Waals surface area contributed by atoms with Gasteiger partial charge in [0, 0.05) is 13.2 Å². The number of allylic oxidation sites excluding steroid dienone is 1. The first kappa shape index (κ1) is 11.0. The van der Waals surface area contributed by atoms with Gasteiger partial charge in [-0.25, -0.2) is 4.79 Å². The summed E-state index contributed by atoms with van der Waals surface area (Å²) in [6.07, 6.45) is 2.56. The van der Waals surface area contributed by atoms with Crippen molar-refractivity contribution in [2.75, 3.05) is 7.05 Å². The number of hydrogen-bond acceptors (Lipinski definition) is 4. The van der Waals surface area contributed by atoms with Crippen molar-refractivity contribution in [2.45, 2.75) is 0 Å². The third kappa shape index (κ3) is 3.27. The molecule has 0 atom stereocenters. The molecule has 0 aliphatic rings. The first-order chi connectivity index (χ1) is 7.27. The van der Waals surface area contributed by atoms with Gasteiger partial charge in [-0.15, -0.1) is 0 Å². The Kier molecular flexibility index (Phi) is 4.09. The molecule has 0 aromatic heterocycles. The van der Waals surface area contributed by atoms with Crippen LogP contribution in [-0.2, 0) is 4.74 Å². The first-order valence-corrected chi connectivity index (χ1v) is 4.39. The average Bonchev–Trinajstić information content (AvgIpc) is 2.29. The largest absolute Gasteiger partial charge is 0.420 e. The van der Waals surface area contributed by atoms with Crippen molar-refractivity contribution in [3.63, 3.8) is 0 Å². The molecule has 1 rings (SSSR count). The molecule has 0 saturated heterocycles. The molecule has 15 heavy (non-hydrogen) atoms. The Morgan fingerprint density at radius 2 is 2.07 bits per heavy atom. The lowest BCUT2D eigenvalue weighted by Crippen LogP contribution is -2.07.